The Hall–Kier alpha value is -3.06. The van der Waals surface area contributed by atoms with Gasteiger partial charge in [-0.05, 0) is 60.0 Å². The van der Waals surface area contributed by atoms with Gasteiger partial charge in [0.05, 0.1) is 0 Å². The van der Waals surface area contributed by atoms with Crippen LogP contribution < -0.4 is 10.2 Å². The normalized spacial score (nSPS) is 14.1. The van der Waals surface area contributed by atoms with Crippen LogP contribution in [-0.2, 0) is 11.2 Å². The zero-order valence-electron chi connectivity index (χ0n) is 18.1. The van der Waals surface area contributed by atoms with E-state index in [4.69, 9.17) is 0 Å². The first kappa shape index (κ1) is 22.1. The molecular weight excluding hydrogens is 420 g/mol. The predicted octanol–water partition coefficient (Wildman–Crippen LogP) is 4.59. The van der Waals surface area contributed by atoms with Gasteiger partial charge in [-0.15, -0.1) is 5.10 Å². The Morgan fingerprint density at radius 2 is 1.75 bits per heavy atom. The first-order valence-corrected chi connectivity index (χ1v) is 12.0. The number of hydrogen-bond acceptors (Lipinski definition) is 5. The van der Waals surface area contributed by atoms with Crippen molar-refractivity contribution in [2.45, 2.75) is 44.4 Å². The summed E-state index contributed by atoms with van der Waals surface area (Å²) >= 11 is 1.12. The van der Waals surface area contributed by atoms with E-state index in [1.807, 2.05) is 42.5 Å². The van der Waals surface area contributed by atoms with E-state index in [1.165, 1.54) is 42.6 Å². The Morgan fingerprint density at radius 1 is 1.00 bits per heavy atom. The average molecular weight is 449 g/mol. The molecule has 6 nitrogen and oxygen atoms in total. The van der Waals surface area contributed by atoms with E-state index in [-0.39, 0.29) is 24.1 Å². The van der Waals surface area contributed by atoms with Crippen LogP contribution in [-0.4, -0.2) is 34.5 Å². The van der Waals surface area contributed by atoms with Crippen LogP contribution in [0.3, 0.4) is 0 Å². The van der Waals surface area contributed by atoms with Crippen molar-refractivity contribution in [3.63, 3.8) is 0 Å². The van der Waals surface area contributed by atoms with Crippen LogP contribution in [0.1, 0.15) is 59.6 Å². The van der Waals surface area contributed by atoms with Gasteiger partial charge < -0.3 is 5.32 Å². The molecule has 2 amide bonds. The first-order chi connectivity index (χ1) is 15.7. The molecule has 0 aliphatic heterocycles. The molecule has 1 aromatic heterocycles. The van der Waals surface area contributed by atoms with Crippen LogP contribution >= 0.6 is 11.5 Å². The summed E-state index contributed by atoms with van der Waals surface area (Å²) in [5, 5.41) is 8.45. The Bertz CT molecular complexity index is 1000. The predicted molar refractivity (Wildman–Crippen MR) is 127 cm³/mol. The fourth-order valence-electron chi connectivity index (χ4n) is 4.23. The molecule has 0 spiro atoms. The summed E-state index contributed by atoms with van der Waals surface area (Å²) in [4.78, 5) is 27.2. The third-order valence-corrected chi connectivity index (χ3v) is 6.49. The topological polar surface area (TPSA) is 75.2 Å². The van der Waals surface area contributed by atoms with Gasteiger partial charge in [0.25, 0.3) is 5.91 Å². The molecule has 1 aliphatic rings. The van der Waals surface area contributed by atoms with Crippen molar-refractivity contribution < 1.29 is 9.59 Å². The van der Waals surface area contributed by atoms with Crippen LogP contribution in [0.25, 0.3) is 0 Å². The summed E-state index contributed by atoms with van der Waals surface area (Å²) in [7, 11) is 0. The van der Waals surface area contributed by atoms with Gasteiger partial charge >= 0.3 is 0 Å². The van der Waals surface area contributed by atoms with E-state index in [0.717, 1.165) is 23.5 Å². The number of hydrogen-bond donors (Lipinski definition) is 1. The molecule has 32 heavy (non-hydrogen) atoms. The van der Waals surface area contributed by atoms with Gasteiger partial charge in [0.15, 0.2) is 5.69 Å². The molecule has 1 heterocycles. The zero-order chi connectivity index (χ0) is 22.2. The lowest BCUT2D eigenvalue weighted by molar-refractivity contribution is -0.119. The summed E-state index contributed by atoms with van der Waals surface area (Å²) < 4.78 is 3.80. The maximum Gasteiger partial charge on any atom is 0.280 e. The average Bonchev–Trinajstić information content (AvgIpc) is 3.39. The van der Waals surface area contributed by atoms with E-state index < -0.39 is 0 Å². The number of anilines is 1. The highest BCUT2D eigenvalue weighted by Gasteiger charge is 2.23. The summed E-state index contributed by atoms with van der Waals surface area (Å²) in [6, 6.07) is 18.1. The van der Waals surface area contributed by atoms with Crippen molar-refractivity contribution in [2.24, 2.45) is 0 Å². The number of benzene rings is 2. The van der Waals surface area contributed by atoms with Crippen LogP contribution in [0.2, 0.25) is 0 Å². The SMILES string of the molecule is O=C(CN(C(=O)c1csnn1)c1ccc(C2CCCCC2)cc1)NCCc1ccccc1. The van der Waals surface area contributed by atoms with Crippen molar-refractivity contribution in [1.29, 1.82) is 0 Å². The maximum atomic E-state index is 13.1. The van der Waals surface area contributed by atoms with Crippen LogP contribution in [0.15, 0.2) is 60.0 Å². The summed E-state index contributed by atoms with van der Waals surface area (Å²) in [5.41, 5.74) is 3.42. The second kappa shape index (κ2) is 11.0. The lowest BCUT2D eigenvalue weighted by Crippen LogP contribution is -2.41. The number of nitrogens with zero attached hydrogens (tertiary/aromatic N) is 3. The Kier molecular flexibility index (Phi) is 7.61. The molecule has 1 aliphatic carbocycles. The summed E-state index contributed by atoms with van der Waals surface area (Å²) in [6.45, 7) is 0.456. The molecule has 1 N–H and O–H groups in total. The van der Waals surface area contributed by atoms with Crippen molar-refractivity contribution in [3.8, 4) is 0 Å². The molecule has 0 radical (unpaired) electrons. The van der Waals surface area contributed by atoms with Gasteiger partial charge in [0, 0.05) is 17.6 Å². The van der Waals surface area contributed by atoms with Gasteiger partial charge in [-0.2, -0.15) is 0 Å². The third-order valence-electron chi connectivity index (χ3n) is 5.99. The number of carbonyl (C=O) groups excluding carboxylic acids is 2. The fourth-order valence-corrected chi connectivity index (χ4v) is 4.66. The molecule has 3 aromatic rings. The van der Waals surface area contributed by atoms with Gasteiger partial charge in [0.1, 0.15) is 6.54 Å². The fraction of sp³-hybridized carbons (Fsp3) is 0.360. The summed E-state index contributed by atoms with van der Waals surface area (Å²) in [5.74, 6) is 0.0715. The molecule has 0 saturated heterocycles. The maximum absolute atomic E-state index is 13.1. The van der Waals surface area contributed by atoms with E-state index in [0.29, 0.717) is 18.2 Å². The minimum atomic E-state index is -0.317. The number of rotatable bonds is 8. The molecule has 1 saturated carbocycles. The highest BCUT2D eigenvalue weighted by molar-refractivity contribution is 7.03. The number of carbonyl (C=O) groups is 2. The molecule has 7 heteroatoms. The van der Waals surface area contributed by atoms with E-state index in [1.54, 1.807) is 5.38 Å². The molecule has 4 rings (SSSR count). The highest BCUT2D eigenvalue weighted by atomic mass is 32.1. The number of amides is 2. The second-order valence-electron chi connectivity index (χ2n) is 8.19. The summed E-state index contributed by atoms with van der Waals surface area (Å²) in [6.07, 6.45) is 7.05. The van der Waals surface area contributed by atoms with Crippen LogP contribution in [0.4, 0.5) is 5.69 Å². The smallest absolute Gasteiger partial charge is 0.280 e. The van der Waals surface area contributed by atoms with Crippen LogP contribution in [0, 0.1) is 0 Å². The lowest BCUT2D eigenvalue weighted by atomic mass is 9.84. The van der Waals surface area contributed by atoms with Crippen LogP contribution in [0.5, 0.6) is 0 Å². The van der Waals surface area contributed by atoms with Gasteiger partial charge in [0.2, 0.25) is 5.91 Å². The molecule has 0 bridgehead atoms. The van der Waals surface area contributed by atoms with E-state index in [2.05, 4.69) is 27.0 Å². The molecule has 1 fully saturated rings. The van der Waals surface area contributed by atoms with Crippen molar-refractivity contribution in [3.05, 3.63) is 76.8 Å². The van der Waals surface area contributed by atoms with E-state index in [9.17, 15) is 9.59 Å². The highest BCUT2D eigenvalue weighted by Crippen LogP contribution is 2.33. The van der Waals surface area contributed by atoms with Crippen molar-refractivity contribution in [1.82, 2.24) is 14.9 Å². The monoisotopic (exact) mass is 448 g/mol. The van der Waals surface area contributed by atoms with Gasteiger partial charge in [-0.1, -0.05) is 66.2 Å². The minimum Gasteiger partial charge on any atom is -0.354 e. The Labute approximate surface area is 192 Å². The van der Waals surface area contributed by atoms with Gasteiger partial charge in [-0.3, -0.25) is 14.5 Å². The second-order valence-corrected chi connectivity index (χ2v) is 8.80. The Morgan fingerprint density at radius 3 is 2.44 bits per heavy atom. The molecular formula is C25H28N4O2S. The van der Waals surface area contributed by atoms with Gasteiger partial charge in [-0.25, -0.2) is 0 Å². The molecule has 0 unspecified atom stereocenters. The molecule has 166 valence electrons. The Balaban J connectivity index is 1.43. The largest absolute Gasteiger partial charge is 0.354 e. The molecule has 0 atom stereocenters. The van der Waals surface area contributed by atoms with Crippen molar-refractivity contribution in [2.75, 3.05) is 18.0 Å². The zero-order valence-corrected chi connectivity index (χ0v) is 18.9. The van der Waals surface area contributed by atoms with E-state index >= 15 is 0 Å². The minimum absolute atomic E-state index is 0.0616. The number of nitrogens with one attached hydrogen (secondary N) is 1. The lowest BCUT2D eigenvalue weighted by Gasteiger charge is -2.24. The standard InChI is InChI=1S/C25H28N4O2S/c30-24(26-16-15-19-7-3-1-4-8-19)17-29(25(31)23-18-32-28-27-23)22-13-11-21(12-14-22)20-9-5-2-6-10-20/h1,3-4,7-8,11-14,18,20H,2,5-6,9-10,15-17H2,(H,26,30). The first-order valence-electron chi connectivity index (χ1n) is 11.2. The quantitative estimate of drug-likeness (QED) is 0.547. The number of aromatic nitrogens is 2. The van der Waals surface area contributed by atoms with Crippen molar-refractivity contribution >= 4 is 29.0 Å². The third kappa shape index (κ3) is 5.79. The molecule has 2 aromatic carbocycles.